The molecule has 0 heterocycles. The monoisotopic (exact) mass is 382 g/mol. The van der Waals surface area contributed by atoms with Gasteiger partial charge in [-0.25, -0.2) is 0 Å². The van der Waals surface area contributed by atoms with E-state index in [0.29, 0.717) is 0 Å². The van der Waals surface area contributed by atoms with Crippen LogP contribution >= 0.6 is 0 Å². The molecule has 28 heavy (non-hydrogen) atoms. The van der Waals surface area contributed by atoms with E-state index in [0.717, 1.165) is 11.1 Å². The van der Waals surface area contributed by atoms with Gasteiger partial charge in [-0.3, -0.25) is 14.4 Å². The van der Waals surface area contributed by atoms with Crippen molar-refractivity contribution in [1.29, 1.82) is 0 Å². The van der Waals surface area contributed by atoms with E-state index in [2.05, 4.69) is 0 Å². The molecular weight excluding hydrogens is 356 g/mol. The quantitative estimate of drug-likeness (QED) is 0.457. The molecule has 2 aromatic rings. The molecule has 1 atom stereocenters. The molecule has 0 saturated carbocycles. The Hall–Kier alpha value is -2.95. The number of Topliss-reactive ketones (excluding diaryl/α,β-unsaturated/α-hetero) is 1. The van der Waals surface area contributed by atoms with Gasteiger partial charge in [-0.1, -0.05) is 74.5 Å². The van der Waals surface area contributed by atoms with E-state index in [1.807, 2.05) is 74.5 Å². The number of benzene rings is 2. The van der Waals surface area contributed by atoms with Crippen LogP contribution in [0.5, 0.6) is 0 Å². The van der Waals surface area contributed by atoms with Crippen LogP contribution in [0.3, 0.4) is 0 Å². The van der Waals surface area contributed by atoms with Gasteiger partial charge in [0.05, 0.1) is 5.92 Å². The van der Waals surface area contributed by atoms with Crippen LogP contribution in [0.4, 0.5) is 0 Å². The van der Waals surface area contributed by atoms with Crippen LogP contribution in [0.15, 0.2) is 60.7 Å². The third-order valence-corrected chi connectivity index (χ3v) is 4.36. The topological polar surface area (TPSA) is 69.7 Å². The van der Waals surface area contributed by atoms with E-state index in [4.69, 9.17) is 9.47 Å². The highest BCUT2D eigenvalue weighted by Gasteiger charge is 2.27. The Balaban J connectivity index is 1.80. The normalized spacial score (nSPS) is 11.7. The first kappa shape index (κ1) is 21.4. The number of hydrogen-bond donors (Lipinski definition) is 0. The van der Waals surface area contributed by atoms with Gasteiger partial charge < -0.3 is 9.47 Å². The third kappa shape index (κ3) is 7.35. The van der Waals surface area contributed by atoms with Gasteiger partial charge in [0.1, 0.15) is 25.4 Å². The first-order chi connectivity index (χ1) is 13.5. The third-order valence-electron chi connectivity index (χ3n) is 4.36. The molecule has 0 aromatic heterocycles. The summed E-state index contributed by atoms with van der Waals surface area (Å²) in [6.45, 7) is 4.00. The molecule has 5 heteroatoms. The van der Waals surface area contributed by atoms with Crippen molar-refractivity contribution in [2.45, 2.75) is 39.9 Å². The fourth-order valence-corrected chi connectivity index (χ4v) is 2.69. The van der Waals surface area contributed by atoms with Crippen molar-refractivity contribution in [2.75, 3.05) is 0 Å². The molecule has 0 N–H and O–H groups in total. The molecule has 0 fully saturated rings. The van der Waals surface area contributed by atoms with Crippen molar-refractivity contribution in [3.63, 3.8) is 0 Å². The molecule has 0 aliphatic rings. The Kier molecular flexibility index (Phi) is 8.40. The van der Waals surface area contributed by atoms with Crippen LogP contribution in [0.25, 0.3) is 0 Å². The molecule has 0 saturated heterocycles. The van der Waals surface area contributed by atoms with Gasteiger partial charge in [0.15, 0.2) is 0 Å². The summed E-state index contributed by atoms with van der Waals surface area (Å²) in [4.78, 5) is 36.5. The van der Waals surface area contributed by atoms with Crippen molar-refractivity contribution in [3.05, 3.63) is 71.8 Å². The van der Waals surface area contributed by atoms with Gasteiger partial charge in [0.25, 0.3) is 0 Å². The van der Waals surface area contributed by atoms with Gasteiger partial charge in [-0.15, -0.1) is 0 Å². The summed E-state index contributed by atoms with van der Waals surface area (Å²) in [5, 5.41) is 0. The Morgan fingerprint density at radius 3 is 1.79 bits per heavy atom. The van der Waals surface area contributed by atoms with Gasteiger partial charge in [0.2, 0.25) is 0 Å². The highest BCUT2D eigenvalue weighted by atomic mass is 16.5. The second kappa shape index (κ2) is 11.0. The van der Waals surface area contributed by atoms with Crippen molar-refractivity contribution in [3.8, 4) is 0 Å². The lowest BCUT2D eigenvalue weighted by Gasteiger charge is -2.18. The minimum Gasteiger partial charge on any atom is -0.461 e. The maximum absolute atomic E-state index is 12.4. The van der Waals surface area contributed by atoms with Crippen molar-refractivity contribution < 1.29 is 23.9 Å². The first-order valence-corrected chi connectivity index (χ1v) is 9.37. The standard InChI is InChI=1S/C23H26O5/c1-17(2)21(23(26)28-16-19-11-7-4-8-12-19)13-20(24)14-22(25)27-15-18-9-5-3-6-10-18/h3-12,17,21H,13-16H2,1-2H3. The molecule has 0 spiro atoms. The van der Waals surface area contributed by atoms with Gasteiger partial charge in [0, 0.05) is 6.42 Å². The molecule has 0 aliphatic heterocycles. The second-order valence-corrected chi connectivity index (χ2v) is 7.01. The highest BCUT2D eigenvalue weighted by molar-refractivity contribution is 5.97. The number of rotatable bonds is 10. The molecule has 1 unspecified atom stereocenters. The number of esters is 2. The Morgan fingerprint density at radius 1 is 0.786 bits per heavy atom. The second-order valence-electron chi connectivity index (χ2n) is 7.01. The summed E-state index contributed by atoms with van der Waals surface area (Å²) in [6, 6.07) is 18.6. The number of carbonyl (C=O) groups excluding carboxylic acids is 3. The zero-order valence-corrected chi connectivity index (χ0v) is 16.3. The molecule has 0 aliphatic carbocycles. The molecular formula is C23H26O5. The van der Waals surface area contributed by atoms with E-state index in [-0.39, 0.29) is 37.8 Å². The highest BCUT2D eigenvalue weighted by Crippen LogP contribution is 2.19. The molecule has 0 radical (unpaired) electrons. The molecule has 0 bridgehead atoms. The van der Waals surface area contributed by atoms with Crippen molar-refractivity contribution >= 4 is 17.7 Å². The minimum atomic E-state index is -0.589. The lowest BCUT2D eigenvalue weighted by molar-refractivity contribution is -0.154. The summed E-state index contributed by atoms with van der Waals surface area (Å²) in [7, 11) is 0. The Labute approximate surface area is 165 Å². The molecule has 2 rings (SSSR count). The van der Waals surface area contributed by atoms with Crippen LogP contribution in [-0.2, 0) is 37.1 Å². The lowest BCUT2D eigenvalue weighted by Crippen LogP contribution is -2.26. The van der Waals surface area contributed by atoms with Gasteiger partial charge >= 0.3 is 11.9 Å². The average molecular weight is 382 g/mol. The summed E-state index contributed by atoms with van der Waals surface area (Å²) >= 11 is 0. The van der Waals surface area contributed by atoms with Gasteiger partial charge in [-0.2, -0.15) is 0 Å². The SMILES string of the molecule is CC(C)C(CC(=O)CC(=O)OCc1ccccc1)C(=O)OCc1ccccc1. The Bertz CT molecular complexity index is 768. The predicted octanol–water partition coefficient (Wildman–Crippen LogP) is 4.09. The van der Waals surface area contributed by atoms with Crippen LogP contribution in [0.1, 0.15) is 37.8 Å². The maximum atomic E-state index is 12.4. The number of ketones is 1. The Morgan fingerprint density at radius 2 is 1.29 bits per heavy atom. The van der Waals surface area contributed by atoms with Gasteiger partial charge in [-0.05, 0) is 17.0 Å². The molecule has 148 valence electrons. The largest absolute Gasteiger partial charge is 0.461 e. The maximum Gasteiger partial charge on any atom is 0.313 e. The summed E-state index contributed by atoms with van der Waals surface area (Å²) < 4.78 is 10.5. The number of hydrogen-bond acceptors (Lipinski definition) is 5. The van der Waals surface area contributed by atoms with E-state index in [1.165, 1.54) is 0 Å². The molecule has 5 nitrogen and oxygen atoms in total. The number of ether oxygens (including phenoxy) is 2. The average Bonchev–Trinajstić information content (AvgIpc) is 2.70. The summed E-state index contributed by atoms with van der Waals surface area (Å²) in [5.74, 6) is -2.00. The minimum absolute atomic E-state index is 0.0360. The van der Waals surface area contributed by atoms with E-state index in [9.17, 15) is 14.4 Å². The molecule has 2 aromatic carbocycles. The summed E-state index contributed by atoms with van der Waals surface area (Å²) in [5.41, 5.74) is 1.74. The van der Waals surface area contributed by atoms with Crippen LogP contribution in [-0.4, -0.2) is 17.7 Å². The molecule has 0 amide bonds. The van der Waals surface area contributed by atoms with E-state index in [1.54, 1.807) is 0 Å². The zero-order chi connectivity index (χ0) is 20.4. The fraction of sp³-hybridized carbons (Fsp3) is 0.348. The van der Waals surface area contributed by atoms with Crippen LogP contribution < -0.4 is 0 Å². The van der Waals surface area contributed by atoms with Crippen LogP contribution in [0, 0.1) is 11.8 Å². The first-order valence-electron chi connectivity index (χ1n) is 9.37. The zero-order valence-electron chi connectivity index (χ0n) is 16.3. The fourth-order valence-electron chi connectivity index (χ4n) is 2.69. The van der Waals surface area contributed by atoms with Crippen LogP contribution in [0.2, 0.25) is 0 Å². The predicted molar refractivity (Wildman–Crippen MR) is 105 cm³/mol. The van der Waals surface area contributed by atoms with E-state index < -0.39 is 17.9 Å². The summed E-state index contributed by atoms with van der Waals surface area (Å²) in [6.07, 6.45) is -0.381. The van der Waals surface area contributed by atoms with Crippen molar-refractivity contribution in [1.82, 2.24) is 0 Å². The van der Waals surface area contributed by atoms with Crippen molar-refractivity contribution in [2.24, 2.45) is 11.8 Å². The number of carbonyl (C=O) groups is 3. The smallest absolute Gasteiger partial charge is 0.313 e. The van der Waals surface area contributed by atoms with E-state index >= 15 is 0 Å². The lowest BCUT2D eigenvalue weighted by atomic mass is 9.90.